The van der Waals surface area contributed by atoms with Crippen molar-refractivity contribution in [1.29, 1.82) is 0 Å². The Balaban J connectivity index is 2.08. The van der Waals surface area contributed by atoms with Crippen molar-refractivity contribution >= 4 is 11.9 Å². The summed E-state index contributed by atoms with van der Waals surface area (Å²) in [6.07, 6.45) is 3.57. The molecule has 7 nitrogen and oxygen atoms in total. The fourth-order valence-corrected chi connectivity index (χ4v) is 1.75. The van der Waals surface area contributed by atoms with Gasteiger partial charge in [0.05, 0.1) is 5.69 Å². The van der Waals surface area contributed by atoms with Gasteiger partial charge in [0.1, 0.15) is 0 Å². The van der Waals surface area contributed by atoms with Crippen molar-refractivity contribution in [2.75, 3.05) is 11.5 Å². The van der Waals surface area contributed by atoms with Crippen molar-refractivity contribution in [3.05, 3.63) is 42.7 Å². The van der Waals surface area contributed by atoms with Gasteiger partial charge in [-0.15, -0.1) is 0 Å². The fourth-order valence-electron chi connectivity index (χ4n) is 1.75. The standard InChI is InChI=1S/C12H11N7/c13-11-16-10(17-12(14)18-11)8-3-1-4-9(7-8)19-6-2-5-15-19/h1-7H,(H4,13,14,16,17,18). The smallest absolute Gasteiger partial charge is 0.225 e. The van der Waals surface area contributed by atoms with Crippen LogP contribution in [0, 0.1) is 0 Å². The van der Waals surface area contributed by atoms with E-state index in [1.165, 1.54) is 0 Å². The van der Waals surface area contributed by atoms with Crippen LogP contribution in [0.15, 0.2) is 42.7 Å². The van der Waals surface area contributed by atoms with E-state index >= 15 is 0 Å². The zero-order valence-corrected chi connectivity index (χ0v) is 9.93. The van der Waals surface area contributed by atoms with Crippen LogP contribution in [-0.4, -0.2) is 24.7 Å². The molecule has 1 aromatic carbocycles. The van der Waals surface area contributed by atoms with Crippen LogP contribution in [0.3, 0.4) is 0 Å². The first kappa shape index (κ1) is 11.1. The highest BCUT2D eigenvalue weighted by Gasteiger charge is 2.06. The van der Waals surface area contributed by atoms with Crippen LogP contribution in [0.1, 0.15) is 0 Å². The van der Waals surface area contributed by atoms with Crippen molar-refractivity contribution in [3.8, 4) is 17.1 Å². The van der Waals surface area contributed by atoms with Gasteiger partial charge in [-0.05, 0) is 18.2 Å². The van der Waals surface area contributed by atoms with Crippen LogP contribution in [-0.2, 0) is 0 Å². The zero-order valence-electron chi connectivity index (χ0n) is 9.93. The van der Waals surface area contributed by atoms with Crippen molar-refractivity contribution < 1.29 is 0 Å². The molecule has 0 saturated carbocycles. The second-order valence-electron chi connectivity index (χ2n) is 3.88. The third-order valence-electron chi connectivity index (χ3n) is 2.54. The first-order valence-electron chi connectivity index (χ1n) is 5.60. The Hall–Kier alpha value is -2.96. The first-order valence-corrected chi connectivity index (χ1v) is 5.60. The summed E-state index contributed by atoms with van der Waals surface area (Å²) in [7, 11) is 0. The third kappa shape index (κ3) is 2.21. The van der Waals surface area contributed by atoms with E-state index in [1.54, 1.807) is 10.9 Å². The van der Waals surface area contributed by atoms with E-state index in [9.17, 15) is 0 Å². The number of nitrogens with zero attached hydrogens (tertiary/aromatic N) is 5. The molecule has 0 aliphatic carbocycles. The lowest BCUT2D eigenvalue weighted by Gasteiger charge is -2.05. The van der Waals surface area contributed by atoms with E-state index in [4.69, 9.17) is 11.5 Å². The van der Waals surface area contributed by atoms with Crippen LogP contribution in [0.25, 0.3) is 17.1 Å². The Morgan fingerprint density at radius 2 is 1.74 bits per heavy atom. The molecular formula is C12H11N7. The predicted molar refractivity (Wildman–Crippen MR) is 71.2 cm³/mol. The number of rotatable bonds is 2. The minimum Gasteiger partial charge on any atom is -0.368 e. The molecule has 0 saturated heterocycles. The van der Waals surface area contributed by atoms with Crippen molar-refractivity contribution in [2.45, 2.75) is 0 Å². The Kier molecular flexibility index (Phi) is 2.57. The van der Waals surface area contributed by atoms with Gasteiger partial charge in [-0.2, -0.15) is 20.1 Å². The fraction of sp³-hybridized carbons (Fsp3) is 0. The third-order valence-corrected chi connectivity index (χ3v) is 2.54. The van der Waals surface area contributed by atoms with Gasteiger partial charge in [-0.1, -0.05) is 12.1 Å². The van der Waals surface area contributed by atoms with Crippen molar-refractivity contribution in [2.24, 2.45) is 0 Å². The van der Waals surface area contributed by atoms with Gasteiger partial charge in [0.2, 0.25) is 11.9 Å². The Labute approximate surface area is 108 Å². The van der Waals surface area contributed by atoms with Crippen molar-refractivity contribution in [3.63, 3.8) is 0 Å². The molecule has 94 valence electrons. The summed E-state index contributed by atoms with van der Waals surface area (Å²) in [5.74, 6) is 0.651. The highest BCUT2D eigenvalue weighted by molar-refractivity contribution is 5.60. The second-order valence-corrected chi connectivity index (χ2v) is 3.88. The Bertz CT molecular complexity index is 686. The molecule has 0 aliphatic rings. The summed E-state index contributed by atoms with van der Waals surface area (Å²) in [5, 5.41) is 4.17. The molecule has 3 aromatic rings. The maximum atomic E-state index is 5.57. The molecule has 19 heavy (non-hydrogen) atoms. The molecule has 0 atom stereocenters. The van der Waals surface area contributed by atoms with Gasteiger partial charge in [0.25, 0.3) is 0 Å². The maximum absolute atomic E-state index is 5.57. The molecule has 3 rings (SSSR count). The molecule has 0 aliphatic heterocycles. The number of aromatic nitrogens is 5. The summed E-state index contributed by atoms with van der Waals surface area (Å²) < 4.78 is 1.75. The first-order chi connectivity index (χ1) is 9.22. The monoisotopic (exact) mass is 253 g/mol. The van der Waals surface area contributed by atoms with Gasteiger partial charge in [-0.25, -0.2) is 4.68 Å². The predicted octanol–water partition coefficient (Wildman–Crippen LogP) is 0.889. The van der Waals surface area contributed by atoms with E-state index in [-0.39, 0.29) is 11.9 Å². The summed E-state index contributed by atoms with van der Waals surface area (Å²) >= 11 is 0. The minimum atomic E-state index is 0.104. The number of hydrogen-bond acceptors (Lipinski definition) is 6. The summed E-state index contributed by atoms with van der Waals surface area (Å²) in [6, 6.07) is 9.46. The van der Waals surface area contributed by atoms with Crippen LogP contribution >= 0.6 is 0 Å². The maximum Gasteiger partial charge on any atom is 0.225 e. The lowest BCUT2D eigenvalue weighted by molar-refractivity contribution is 0.880. The molecule has 2 heterocycles. The van der Waals surface area contributed by atoms with E-state index in [0.29, 0.717) is 5.82 Å². The highest BCUT2D eigenvalue weighted by atomic mass is 15.3. The number of hydrogen-bond donors (Lipinski definition) is 2. The number of benzene rings is 1. The van der Waals surface area contributed by atoms with Crippen LogP contribution in [0.5, 0.6) is 0 Å². The summed E-state index contributed by atoms with van der Waals surface area (Å²) in [6.45, 7) is 0. The second kappa shape index (κ2) is 4.37. The molecule has 0 unspecified atom stereocenters. The van der Waals surface area contributed by atoms with E-state index < -0.39 is 0 Å². The average Bonchev–Trinajstić information content (AvgIpc) is 2.92. The van der Waals surface area contributed by atoms with Gasteiger partial charge in [0, 0.05) is 18.0 Å². The molecule has 2 aromatic heterocycles. The molecule has 7 heteroatoms. The van der Waals surface area contributed by atoms with Crippen LogP contribution in [0.2, 0.25) is 0 Å². The van der Waals surface area contributed by atoms with Gasteiger partial charge >= 0.3 is 0 Å². The van der Waals surface area contributed by atoms with Crippen LogP contribution in [0.4, 0.5) is 11.9 Å². The molecular weight excluding hydrogens is 242 g/mol. The van der Waals surface area contributed by atoms with E-state index in [2.05, 4.69) is 20.1 Å². The number of anilines is 2. The Morgan fingerprint density at radius 3 is 2.42 bits per heavy atom. The SMILES string of the molecule is Nc1nc(N)nc(-c2cccc(-n3cccn3)c2)n1. The quantitative estimate of drug-likeness (QED) is 0.702. The molecule has 4 N–H and O–H groups in total. The molecule has 0 radical (unpaired) electrons. The Morgan fingerprint density at radius 1 is 0.947 bits per heavy atom. The van der Waals surface area contributed by atoms with E-state index in [1.807, 2.05) is 36.5 Å². The molecule has 0 spiro atoms. The van der Waals surface area contributed by atoms with E-state index in [0.717, 1.165) is 11.3 Å². The van der Waals surface area contributed by atoms with Gasteiger partial charge in [-0.3, -0.25) is 0 Å². The normalized spacial score (nSPS) is 10.5. The number of nitrogen functional groups attached to an aromatic ring is 2. The largest absolute Gasteiger partial charge is 0.368 e. The highest BCUT2D eigenvalue weighted by Crippen LogP contribution is 2.19. The van der Waals surface area contributed by atoms with Gasteiger partial charge in [0.15, 0.2) is 5.82 Å². The van der Waals surface area contributed by atoms with Gasteiger partial charge < -0.3 is 11.5 Å². The summed E-state index contributed by atoms with van der Waals surface area (Å²) in [5.41, 5.74) is 12.8. The average molecular weight is 253 g/mol. The minimum absolute atomic E-state index is 0.104. The van der Waals surface area contributed by atoms with Crippen molar-refractivity contribution in [1.82, 2.24) is 24.7 Å². The zero-order chi connectivity index (χ0) is 13.2. The van der Waals surface area contributed by atoms with Crippen LogP contribution < -0.4 is 11.5 Å². The molecule has 0 fully saturated rings. The topological polar surface area (TPSA) is 109 Å². The lowest BCUT2D eigenvalue weighted by atomic mass is 10.2. The molecule has 0 amide bonds. The summed E-state index contributed by atoms with van der Waals surface area (Å²) in [4.78, 5) is 11.9. The number of nitrogens with two attached hydrogens (primary N) is 2. The lowest BCUT2D eigenvalue weighted by Crippen LogP contribution is -2.04. The molecule has 0 bridgehead atoms.